The van der Waals surface area contributed by atoms with E-state index in [1.165, 1.54) is 0 Å². The smallest absolute Gasteiger partial charge is 0.246 e. The van der Waals surface area contributed by atoms with Crippen LogP contribution in [-0.4, -0.2) is 16.9 Å². The molecule has 1 aromatic carbocycles. The van der Waals surface area contributed by atoms with Crippen LogP contribution < -0.4 is 10.2 Å². The maximum atomic E-state index is 12.0. The summed E-state index contributed by atoms with van der Waals surface area (Å²) in [6.45, 7) is 2.49. The number of halogens is 1. The minimum atomic E-state index is -0.284. The highest BCUT2D eigenvalue weighted by atomic mass is 35.5. The minimum absolute atomic E-state index is 0.0300. The predicted octanol–water partition coefficient (Wildman–Crippen LogP) is 3.08. The Morgan fingerprint density at radius 2 is 2.00 bits per heavy atom. The first-order valence-corrected chi connectivity index (χ1v) is 6.81. The number of benzene rings is 1. The monoisotopic (exact) mass is 287 g/mol. The molecule has 1 amide bonds. The maximum absolute atomic E-state index is 12.0. The van der Waals surface area contributed by atoms with Gasteiger partial charge in [0.15, 0.2) is 5.82 Å². The number of hydrogen-bond acceptors (Lipinski definition) is 3. The first-order chi connectivity index (χ1) is 9.65. The molecule has 0 fully saturated rings. The topological polar surface area (TPSA) is 45.2 Å². The number of nitrogens with zero attached hydrogens (tertiary/aromatic N) is 2. The number of fused-ring (bicyclic) bond motifs is 1. The fourth-order valence-corrected chi connectivity index (χ4v) is 2.44. The summed E-state index contributed by atoms with van der Waals surface area (Å²) in [7, 11) is 0. The van der Waals surface area contributed by atoms with Crippen molar-refractivity contribution in [3.8, 4) is 0 Å². The molecule has 2 heterocycles. The Kier molecular flexibility index (Phi) is 3.32. The standard InChI is InChI=1S/C15H14ClN3O/c1-10-15(20)17-12-7-8-13(16)18-14(12)19(10)9-11-5-3-2-4-6-11/h2-8,10H,9H2,1H3,(H,17,20)/t10-/m1/s1. The van der Waals surface area contributed by atoms with Gasteiger partial charge in [-0.05, 0) is 24.6 Å². The van der Waals surface area contributed by atoms with E-state index in [9.17, 15) is 4.79 Å². The van der Waals surface area contributed by atoms with E-state index in [0.29, 0.717) is 23.2 Å². The lowest BCUT2D eigenvalue weighted by atomic mass is 10.1. The molecule has 1 N–H and O–H groups in total. The zero-order valence-corrected chi connectivity index (χ0v) is 11.8. The van der Waals surface area contributed by atoms with Gasteiger partial charge in [-0.1, -0.05) is 41.9 Å². The van der Waals surface area contributed by atoms with E-state index in [1.54, 1.807) is 12.1 Å². The summed E-state index contributed by atoms with van der Waals surface area (Å²) >= 11 is 5.98. The lowest BCUT2D eigenvalue weighted by Crippen LogP contribution is -2.46. The maximum Gasteiger partial charge on any atom is 0.246 e. The van der Waals surface area contributed by atoms with Crippen LogP contribution in [0.1, 0.15) is 12.5 Å². The van der Waals surface area contributed by atoms with E-state index >= 15 is 0 Å². The number of anilines is 2. The van der Waals surface area contributed by atoms with E-state index in [4.69, 9.17) is 11.6 Å². The van der Waals surface area contributed by atoms with Crippen molar-refractivity contribution in [3.05, 3.63) is 53.2 Å². The number of pyridine rings is 1. The number of carbonyl (C=O) groups is 1. The van der Waals surface area contributed by atoms with Gasteiger partial charge in [0, 0.05) is 6.54 Å². The Morgan fingerprint density at radius 3 is 2.75 bits per heavy atom. The van der Waals surface area contributed by atoms with Gasteiger partial charge in [0.05, 0.1) is 5.69 Å². The molecule has 20 heavy (non-hydrogen) atoms. The average molecular weight is 288 g/mol. The van der Waals surface area contributed by atoms with Crippen molar-refractivity contribution in [2.24, 2.45) is 0 Å². The zero-order chi connectivity index (χ0) is 14.1. The molecule has 0 saturated carbocycles. The third kappa shape index (κ3) is 2.34. The van der Waals surface area contributed by atoms with Gasteiger partial charge in [-0.15, -0.1) is 0 Å². The zero-order valence-electron chi connectivity index (χ0n) is 11.0. The van der Waals surface area contributed by atoms with Crippen molar-refractivity contribution in [2.45, 2.75) is 19.5 Å². The van der Waals surface area contributed by atoms with Crippen molar-refractivity contribution in [1.29, 1.82) is 0 Å². The van der Waals surface area contributed by atoms with Crippen LogP contribution >= 0.6 is 11.6 Å². The van der Waals surface area contributed by atoms with Crippen LogP contribution in [0.25, 0.3) is 0 Å². The van der Waals surface area contributed by atoms with E-state index in [-0.39, 0.29) is 11.9 Å². The van der Waals surface area contributed by atoms with Gasteiger partial charge < -0.3 is 10.2 Å². The van der Waals surface area contributed by atoms with Crippen LogP contribution in [-0.2, 0) is 11.3 Å². The van der Waals surface area contributed by atoms with Crippen LogP contribution in [0.15, 0.2) is 42.5 Å². The second-order valence-corrected chi connectivity index (χ2v) is 5.17. The van der Waals surface area contributed by atoms with E-state index in [1.807, 2.05) is 42.2 Å². The van der Waals surface area contributed by atoms with Gasteiger partial charge in [0.2, 0.25) is 5.91 Å². The molecule has 4 nitrogen and oxygen atoms in total. The van der Waals surface area contributed by atoms with Crippen LogP contribution in [0.5, 0.6) is 0 Å². The van der Waals surface area contributed by atoms with Crippen LogP contribution in [0.2, 0.25) is 5.15 Å². The number of carbonyl (C=O) groups excluding carboxylic acids is 1. The van der Waals surface area contributed by atoms with Crippen molar-refractivity contribution in [1.82, 2.24) is 4.98 Å². The summed E-state index contributed by atoms with van der Waals surface area (Å²) in [5.74, 6) is 0.686. The fourth-order valence-electron chi connectivity index (χ4n) is 2.30. The van der Waals surface area contributed by atoms with Gasteiger partial charge in [0.25, 0.3) is 0 Å². The Bertz CT molecular complexity index is 645. The Morgan fingerprint density at radius 1 is 1.25 bits per heavy atom. The molecule has 0 unspecified atom stereocenters. The normalized spacial score (nSPS) is 17.6. The molecule has 3 rings (SSSR count). The average Bonchev–Trinajstić information content (AvgIpc) is 2.46. The van der Waals surface area contributed by atoms with E-state index < -0.39 is 0 Å². The lowest BCUT2D eigenvalue weighted by molar-refractivity contribution is -0.117. The van der Waals surface area contributed by atoms with Gasteiger partial charge in [-0.3, -0.25) is 4.79 Å². The Balaban J connectivity index is 2.00. The quantitative estimate of drug-likeness (QED) is 0.864. The van der Waals surface area contributed by atoms with Crippen molar-refractivity contribution in [3.63, 3.8) is 0 Å². The SMILES string of the molecule is C[C@@H]1C(=O)Nc2ccc(Cl)nc2N1Cc1ccccc1. The number of rotatable bonds is 2. The first-order valence-electron chi connectivity index (χ1n) is 6.43. The minimum Gasteiger partial charge on any atom is -0.339 e. The molecule has 0 bridgehead atoms. The van der Waals surface area contributed by atoms with Crippen molar-refractivity contribution >= 4 is 29.0 Å². The van der Waals surface area contributed by atoms with Crippen LogP contribution in [0, 0.1) is 0 Å². The second-order valence-electron chi connectivity index (χ2n) is 4.78. The molecule has 0 spiro atoms. The molecule has 1 aliphatic heterocycles. The number of aromatic nitrogens is 1. The first kappa shape index (κ1) is 12.9. The summed E-state index contributed by atoms with van der Waals surface area (Å²) in [5.41, 5.74) is 1.83. The molecule has 1 aliphatic rings. The number of hydrogen-bond donors (Lipinski definition) is 1. The summed E-state index contributed by atoms with van der Waals surface area (Å²) < 4.78 is 0. The lowest BCUT2D eigenvalue weighted by Gasteiger charge is -2.35. The molecule has 5 heteroatoms. The molecule has 1 aromatic heterocycles. The molecular weight excluding hydrogens is 274 g/mol. The molecule has 1 atom stereocenters. The molecule has 2 aromatic rings. The number of nitrogens with one attached hydrogen (secondary N) is 1. The van der Waals surface area contributed by atoms with Gasteiger partial charge in [0.1, 0.15) is 11.2 Å². The van der Waals surface area contributed by atoms with Gasteiger partial charge in [-0.2, -0.15) is 0 Å². The van der Waals surface area contributed by atoms with Crippen molar-refractivity contribution < 1.29 is 4.79 Å². The van der Waals surface area contributed by atoms with Crippen LogP contribution in [0.3, 0.4) is 0 Å². The highest BCUT2D eigenvalue weighted by Gasteiger charge is 2.30. The van der Waals surface area contributed by atoms with E-state index in [0.717, 1.165) is 5.56 Å². The molecule has 0 radical (unpaired) electrons. The fraction of sp³-hybridized carbons (Fsp3) is 0.200. The highest BCUT2D eigenvalue weighted by Crippen LogP contribution is 2.32. The molecule has 102 valence electrons. The summed E-state index contributed by atoms with van der Waals surface area (Å²) in [6.07, 6.45) is 0. The summed E-state index contributed by atoms with van der Waals surface area (Å²) in [4.78, 5) is 18.3. The predicted molar refractivity (Wildman–Crippen MR) is 80.0 cm³/mol. The highest BCUT2D eigenvalue weighted by molar-refractivity contribution is 6.29. The number of amides is 1. The largest absolute Gasteiger partial charge is 0.339 e. The van der Waals surface area contributed by atoms with Crippen LogP contribution in [0.4, 0.5) is 11.5 Å². The Hall–Kier alpha value is -2.07. The summed E-state index contributed by atoms with van der Waals surface area (Å²) in [5, 5.41) is 3.27. The third-order valence-electron chi connectivity index (χ3n) is 3.41. The summed E-state index contributed by atoms with van der Waals surface area (Å²) in [6, 6.07) is 13.2. The van der Waals surface area contributed by atoms with E-state index in [2.05, 4.69) is 10.3 Å². The van der Waals surface area contributed by atoms with Crippen molar-refractivity contribution in [2.75, 3.05) is 10.2 Å². The molecular formula is C15H14ClN3O. The van der Waals surface area contributed by atoms with Gasteiger partial charge in [-0.25, -0.2) is 4.98 Å². The molecule has 0 aliphatic carbocycles. The molecule has 0 saturated heterocycles. The second kappa shape index (κ2) is 5.13. The Labute approximate surface area is 122 Å². The third-order valence-corrected chi connectivity index (χ3v) is 3.62. The van der Waals surface area contributed by atoms with Gasteiger partial charge >= 0.3 is 0 Å².